The van der Waals surface area contributed by atoms with Crippen LogP contribution < -0.4 is 4.74 Å². The number of hydrogen-bond donors (Lipinski definition) is 1. The lowest BCUT2D eigenvalue weighted by Crippen LogP contribution is -1.92. The van der Waals surface area contributed by atoms with Crippen LogP contribution in [-0.4, -0.2) is 5.11 Å². The van der Waals surface area contributed by atoms with Gasteiger partial charge in [-0.3, -0.25) is 0 Å². The third-order valence-corrected chi connectivity index (χ3v) is 3.46. The summed E-state index contributed by atoms with van der Waals surface area (Å²) in [4.78, 5) is 0. The van der Waals surface area contributed by atoms with Crippen molar-refractivity contribution in [2.24, 2.45) is 0 Å². The molecule has 0 saturated heterocycles. The molecule has 0 unspecified atom stereocenters. The van der Waals surface area contributed by atoms with Gasteiger partial charge in [-0.05, 0) is 58.7 Å². The molecule has 5 heteroatoms. The smallest absolute Gasteiger partial charge is 0.146 e. The lowest BCUT2D eigenvalue weighted by atomic mass is 10.1. The topological polar surface area (TPSA) is 29.5 Å². The summed E-state index contributed by atoms with van der Waals surface area (Å²) in [6.07, 6.45) is -0.591. The lowest BCUT2D eigenvalue weighted by molar-refractivity contribution is 0.199. The van der Waals surface area contributed by atoms with E-state index in [9.17, 15) is 9.50 Å². The van der Waals surface area contributed by atoms with Crippen LogP contribution >= 0.6 is 27.5 Å². The lowest BCUT2D eigenvalue weighted by Gasteiger charge is -2.11. The Morgan fingerprint density at radius 1 is 1.26 bits per heavy atom. The summed E-state index contributed by atoms with van der Waals surface area (Å²) in [5.41, 5.74) is 0.706. The van der Waals surface area contributed by atoms with Gasteiger partial charge in [0, 0.05) is 0 Å². The molecule has 0 aliphatic heterocycles. The quantitative estimate of drug-likeness (QED) is 0.840. The minimum atomic E-state index is -0.591. The van der Waals surface area contributed by atoms with Gasteiger partial charge in [0.1, 0.15) is 17.3 Å². The predicted molar refractivity (Wildman–Crippen MR) is 76.3 cm³/mol. The molecule has 0 saturated carbocycles. The Hall–Kier alpha value is -1.10. The van der Waals surface area contributed by atoms with E-state index in [1.54, 1.807) is 25.1 Å². The number of halogens is 3. The van der Waals surface area contributed by atoms with Crippen LogP contribution in [0.25, 0.3) is 0 Å². The molecule has 0 aliphatic rings. The van der Waals surface area contributed by atoms with Crippen molar-refractivity contribution in [3.05, 3.63) is 57.3 Å². The van der Waals surface area contributed by atoms with Crippen LogP contribution in [0.5, 0.6) is 11.5 Å². The molecule has 0 radical (unpaired) electrons. The molecular formula is C14H11BrClFO2. The molecule has 0 aromatic heterocycles. The molecule has 0 fully saturated rings. The molecule has 19 heavy (non-hydrogen) atoms. The Labute approximate surface area is 123 Å². The van der Waals surface area contributed by atoms with Crippen molar-refractivity contribution in [3.63, 3.8) is 0 Å². The van der Waals surface area contributed by atoms with Crippen molar-refractivity contribution in [1.82, 2.24) is 0 Å². The number of aliphatic hydroxyl groups is 1. The van der Waals surface area contributed by atoms with Gasteiger partial charge >= 0.3 is 0 Å². The second kappa shape index (κ2) is 5.90. The molecular weight excluding hydrogens is 335 g/mol. The summed E-state index contributed by atoms with van der Waals surface area (Å²) in [7, 11) is 0. The molecule has 1 atom stereocenters. The molecule has 0 spiro atoms. The van der Waals surface area contributed by atoms with Gasteiger partial charge in [0.2, 0.25) is 0 Å². The van der Waals surface area contributed by atoms with Crippen LogP contribution in [0.15, 0.2) is 40.9 Å². The maximum Gasteiger partial charge on any atom is 0.146 e. The van der Waals surface area contributed by atoms with E-state index < -0.39 is 6.10 Å². The average Bonchev–Trinajstić information content (AvgIpc) is 2.36. The molecule has 2 aromatic carbocycles. The van der Waals surface area contributed by atoms with Gasteiger partial charge in [-0.2, -0.15) is 0 Å². The number of hydrogen-bond acceptors (Lipinski definition) is 2. The van der Waals surface area contributed by atoms with E-state index >= 15 is 0 Å². The first-order valence-corrected chi connectivity index (χ1v) is 6.75. The van der Waals surface area contributed by atoms with Crippen molar-refractivity contribution < 1.29 is 14.2 Å². The third kappa shape index (κ3) is 3.47. The van der Waals surface area contributed by atoms with Crippen LogP contribution in [0.2, 0.25) is 5.02 Å². The van der Waals surface area contributed by atoms with Gasteiger partial charge in [0.05, 0.1) is 15.6 Å². The normalized spacial score (nSPS) is 12.3. The Balaban J connectivity index is 2.25. The van der Waals surface area contributed by atoms with Gasteiger partial charge in [-0.25, -0.2) is 4.39 Å². The highest BCUT2D eigenvalue weighted by Crippen LogP contribution is 2.33. The molecule has 2 rings (SSSR count). The second-order valence-electron chi connectivity index (χ2n) is 4.04. The molecule has 2 aromatic rings. The van der Waals surface area contributed by atoms with Gasteiger partial charge in [0.25, 0.3) is 0 Å². The van der Waals surface area contributed by atoms with E-state index in [1.807, 2.05) is 0 Å². The molecule has 100 valence electrons. The number of benzene rings is 2. The summed E-state index contributed by atoms with van der Waals surface area (Å²) in [6.45, 7) is 1.66. The van der Waals surface area contributed by atoms with E-state index in [-0.39, 0.29) is 5.82 Å². The van der Waals surface area contributed by atoms with E-state index in [2.05, 4.69) is 15.9 Å². The zero-order chi connectivity index (χ0) is 14.0. The van der Waals surface area contributed by atoms with E-state index in [4.69, 9.17) is 16.3 Å². The van der Waals surface area contributed by atoms with Gasteiger partial charge in [0.15, 0.2) is 0 Å². The van der Waals surface area contributed by atoms with Crippen molar-refractivity contribution in [2.75, 3.05) is 0 Å². The van der Waals surface area contributed by atoms with Crippen molar-refractivity contribution in [3.8, 4) is 11.5 Å². The standard InChI is InChI=1S/C14H11BrClFO2/c1-8(18)9-2-5-14(12(16)6-9)19-10-3-4-13(17)11(15)7-10/h2-8,18H,1H3/t8-/m0/s1. The SMILES string of the molecule is C[C@H](O)c1ccc(Oc2ccc(F)c(Br)c2)c(Cl)c1. The molecule has 2 nitrogen and oxygen atoms in total. The van der Waals surface area contributed by atoms with Crippen molar-refractivity contribution in [2.45, 2.75) is 13.0 Å². The van der Waals surface area contributed by atoms with Gasteiger partial charge in [-0.1, -0.05) is 17.7 Å². The van der Waals surface area contributed by atoms with Crippen LogP contribution in [0.4, 0.5) is 4.39 Å². The minimum Gasteiger partial charge on any atom is -0.456 e. The Kier molecular flexibility index (Phi) is 4.45. The van der Waals surface area contributed by atoms with E-state index in [1.165, 1.54) is 18.2 Å². The van der Waals surface area contributed by atoms with E-state index in [0.29, 0.717) is 26.6 Å². The zero-order valence-corrected chi connectivity index (χ0v) is 12.4. The fraction of sp³-hybridized carbons (Fsp3) is 0.143. The monoisotopic (exact) mass is 344 g/mol. The Morgan fingerprint density at radius 3 is 2.58 bits per heavy atom. The van der Waals surface area contributed by atoms with Crippen molar-refractivity contribution in [1.29, 1.82) is 0 Å². The summed E-state index contributed by atoms with van der Waals surface area (Å²) >= 11 is 9.16. The van der Waals surface area contributed by atoms with Gasteiger partial charge in [-0.15, -0.1) is 0 Å². The highest BCUT2D eigenvalue weighted by Gasteiger charge is 2.08. The average molecular weight is 346 g/mol. The minimum absolute atomic E-state index is 0.321. The number of rotatable bonds is 3. The summed E-state index contributed by atoms with van der Waals surface area (Å²) in [6, 6.07) is 9.37. The van der Waals surface area contributed by atoms with Crippen LogP contribution in [0, 0.1) is 5.82 Å². The molecule has 0 bridgehead atoms. The molecule has 0 heterocycles. The fourth-order valence-corrected chi connectivity index (χ4v) is 2.11. The first-order valence-electron chi connectivity index (χ1n) is 5.58. The molecule has 0 aliphatic carbocycles. The summed E-state index contributed by atoms with van der Waals surface area (Å²) in [5.74, 6) is 0.562. The number of ether oxygens (including phenoxy) is 1. The molecule has 1 N–H and O–H groups in total. The molecule has 0 amide bonds. The van der Waals surface area contributed by atoms with Crippen LogP contribution in [0.3, 0.4) is 0 Å². The first-order chi connectivity index (χ1) is 8.97. The summed E-state index contributed by atoms with van der Waals surface area (Å²) in [5, 5.41) is 9.84. The van der Waals surface area contributed by atoms with E-state index in [0.717, 1.165) is 0 Å². The maximum absolute atomic E-state index is 13.1. The number of aliphatic hydroxyl groups excluding tert-OH is 1. The van der Waals surface area contributed by atoms with Gasteiger partial charge < -0.3 is 9.84 Å². The van der Waals surface area contributed by atoms with Crippen LogP contribution in [0.1, 0.15) is 18.6 Å². The third-order valence-electron chi connectivity index (χ3n) is 2.56. The summed E-state index contributed by atoms with van der Waals surface area (Å²) < 4.78 is 19.0. The highest BCUT2D eigenvalue weighted by atomic mass is 79.9. The van der Waals surface area contributed by atoms with Crippen LogP contribution in [-0.2, 0) is 0 Å². The highest BCUT2D eigenvalue weighted by molar-refractivity contribution is 9.10. The largest absolute Gasteiger partial charge is 0.456 e. The Bertz CT molecular complexity index is 602. The maximum atomic E-state index is 13.1. The second-order valence-corrected chi connectivity index (χ2v) is 5.31. The van der Waals surface area contributed by atoms with Crippen molar-refractivity contribution >= 4 is 27.5 Å². The fourth-order valence-electron chi connectivity index (χ4n) is 1.53. The first kappa shape index (κ1) is 14.3. The Morgan fingerprint density at radius 2 is 2.00 bits per heavy atom. The zero-order valence-electron chi connectivity index (χ0n) is 10.0. The predicted octanol–water partition coefficient (Wildman–Crippen LogP) is 5.09.